The van der Waals surface area contributed by atoms with Gasteiger partial charge in [-0.05, 0) is 12.6 Å². The van der Waals surface area contributed by atoms with Gasteiger partial charge in [-0.2, -0.15) is 4.98 Å². The molecule has 0 aliphatic carbocycles. The normalized spacial score (nSPS) is 10.8. The van der Waals surface area contributed by atoms with Crippen molar-refractivity contribution < 1.29 is 4.39 Å². The predicted octanol–water partition coefficient (Wildman–Crippen LogP) is 0.563. The average molecular weight is 207 g/mol. The second-order valence-corrected chi connectivity index (χ2v) is 3.20. The number of halogens is 1. The van der Waals surface area contributed by atoms with Crippen LogP contribution in [0.3, 0.4) is 0 Å². The molecule has 5 heteroatoms. The highest BCUT2D eigenvalue weighted by atomic mass is 19.1. The summed E-state index contributed by atoms with van der Waals surface area (Å²) < 4.78 is 13.3. The molecule has 0 spiro atoms. The van der Waals surface area contributed by atoms with Gasteiger partial charge in [-0.3, -0.25) is 0 Å². The van der Waals surface area contributed by atoms with Crippen LogP contribution in [0, 0.1) is 5.82 Å². The van der Waals surface area contributed by atoms with Crippen LogP contribution in [0.25, 0.3) is 10.9 Å². The molecule has 0 unspecified atom stereocenters. The molecule has 0 radical (unpaired) electrons. The van der Waals surface area contributed by atoms with E-state index < -0.39 is 11.5 Å². The molecule has 0 aliphatic heterocycles. The lowest BCUT2D eigenvalue weighted by atomic mass is 10.1. The lowest BCUT2D eigenvalue weighted by Gasteiger charge is -2.04. The SMILES string of the molecule is NCCc1[nH]c(=O)nc2c(F)cccc12. The number of para-hydroxylation sites is 1. The van der Waals surface area contributed by atoms with E-state index in [1.807, 2.05) is 0 Å². The second-order valence-electron chi connectivity index (χ2n) is 3.20. The molecule has 0 atom stereocenters. The zero-order valence-electron chi connectivity index (χ0n) is 7.96. The molecule has 1 aromatic heterocycles. The highest BCUT2D eigenvalue weighted by molar-refractivity contribution is 5.81. The third kappa shape index (κ3) is 1.73. The highest BCUT2D eigenvalue weighted by Crippen LogP contribution is 2.16. The summed E-state index contributed by atoms with van der Waals surface area (Å²) in [5, 5.41) is 0.611. The van der Waals surface area contributed by atoms with Crippen LogP contribution in [-0.2, 0) is 6.42 Å². The topological polar surface area (TPSA) is 71.8 Å². The van der Waals surface area contributed by atoms with Crippen LogP contribution in [0.15, 0.2) is 23.0 Å². The van der Waals surface area contributed by atoms with Gasteiger partial charge in [0.25, 0.3) is 0 Å². The smallest absolute Gasteiger partial charge is 0.330 e. The molecular weight excluding hydrogens is 197 g/mol. The Hall–Kier alpha value is -1.75. The molecule has 0 fully saturated rings. The van der Waals surface area contributed by atoms with Gasteiger partial charge in [-0.15, -0.1) is 0 Å². The average Bonchev–Trinajstić information content (AvgIpc) is 2.20. The molecule has 2 rings (SSSR count). The van der Waals surface area contributed by atoms with E-state index in [-0.39, 0.29) is 5.52 Å². The van der Waals surface area contributed by atoms with E-state index in [0.717, 1.165) is 0 Å². The van der Waals surface area contributed by atoms with Crippen molar-refractivity contribution in [3.8, 4) is 0 Å². The maximum absolute atomic E-state index is 13.3. The van der Waals surface area contributed by atoms with Gasteiger partial charge >= 0.3 is 5.69 Å². The van der Waals surface area contributed by atoms with Crippen molar-refractivity contribution >= 4 is 10.9 Å². The minimum Gasteiger partial charge on any atom is -0.330 e. The largest absolute Gasteiger partial charge is 0.345 e. The van der Waals surface area contributed by atoms with Crippen LogP contribution in [0.5, 0.6) is 0 Å². The molecule has 15 heavy (non-hydrogen) atoms. The number of nitrogens with one attached hydrogen (secondary N) is 1. The lowest BCUT2D eigenvalue weighted by molar-refractivity contribution is 0.635. The van der Waals surface area contributed by atoms with Crippen LogP contribution in [0.2, 0.25) is 0 Å². The number of aromatic nitrogens is 2. The quantitative estimate of drug-likeness (QED) is 0.756. The van der Waals surface area contributed by atoms with Crippen molar-refractivity contribution in [1.29, 1.82) is 0 Å². The first-order valence-corrected chi connectivity index (χ1v) is 4.60. The summed E-state index contributed by atoms with van der Waals surface area (Å²) in [6.07, 6.45) is 0.498. The van der Waals surface area contributed by atoms with Crippen LogP contribution in [-0.4, -0.2) is 16.5 Å². The number of nitrogens with zero attached hydrogens (tertiary/aromatic N) is 1. The molecule has 0 aliphatic rings. The van der Waals surface area contributed by atoms with E-state index in [4.69, 9.17) is 5.73 Å². The van der Waals surface area contributed by atoms with Crippen molar-refractivity contribution in [1.82, 2.24) is 9.97 Å². The molecule has 0 saturated heterocycles. The van der Waals surface area contributed by atoms with Gasteiger partial charge in [0, 0.05) is 17.5 Å². The predicted molar refractivity (Wildman–Crippen MR) is 55.1 cm³/mol. The van der Waals surface area contributed by atoms with E-state index >= 15 is 0 Å². The number of aromatic amines is 1. The number of rotatable bonds is 2. The van der Waals surface area contributed by atoms with Crippen molar-refractivity contribution in [2.75, 3.05) is 6.54 Å². The number of hydrogen-bond donors (Lipinski definition) is 2. The highest BCUT2D eigenvalue weighted by Gasteiger charge is 2.07. The van der Waals surface area contributed by atoms with Gasteiger partial charge in [0.1, 0.15) is 11.3 Å². The third-order valence-electron chi connectivity index (χ3n) is 2.18. The number of benzene rings is 1. The Labute approximate surface area is 84.9 Å². The Kier molecular flexibility index (Phi) is 2.47. The standard InChI is InChI=1S/C10H10FN3O/c11-7-3-1-2-6-8(4-5-12)13-10(15)14-9(6)7/h1-3H,4-5,12H2,(H,13,14,15). The van der Waals surface area contributed by atoms with Crippen LogP contribution in [0.1, 0.15) is 5.69 Å². The number of hydrogen-bond acceptors (Lipinski definition) is 3. The molecule has 0 saturated carbocycles. The Morgan fingerprint density at radius 2 is 2.27 bits per heavy atom. The molecule has 78 valence electrons. The maximum atomic E-state index is 13.3. The Morgan fingerprint density at radius 3 is 3.00 bits per heavy atom. The third-order valence-corrected chi connectivity index (χ3v) is 2.18. The number of fused-ring (bicyclic) bond motifs is 1. The fourth-order valence-corrected chi connectivity index (χ4v) is 1.54. The molecule has 4 nitrogen and oxygen atoms in total. The molecule has 1 aromatic carbocycles. The Morgan fingerprint density at radius 1 is 1.47 bits per heavy atom. The molecule has 0 amide bonds. The van der Waals surface area contributed by atoms with Gasteiger partial charge in [0.2, 0.25) is 0 Å². The van der Waals surface area contributed by atoms with Crippen molar-refractivity contribution in [3.05, 3.63) is 40.2 Å². The van der Waals surface area contributed by atoms with Crippen LogP contribution >= 0.6 is 0 Å². The molecular formula is C10H10FN3O. The minimum absolute atomic E-state index is 0.102. The summed E-state index contributed by atoms with van der Waals surface area (Å²) in [4.78, 5) is 17.3. The van der Waals surface area contributed by atoms with Crippen LogP contribution < -0.4 is 11.4 Å². The van der Waals surface area contributed by atoms with Gasteiger partial charge in [0.15, 0.2) is 0 Å². The van der Waals surface area contributed by atoms with Gasteiger partial charge < -0.3 is 10.7 Å². The first-order chi connectivity index (χ1) is 7.22. The number of H-pyrrole nitrogens is 1. The van der Waals surface area contributed by atoms with Crippen molar-refractivity contribution in [3.63, 3.8) is 0 Å². The molecule has 2 aromatic rings. The maximum Gasteiger partial charge on any atom is 0.345 e. The molecule has 0 bridgehead atoms. The zero-order chi connectivity index (χ0) is 10.8. The van der Waals surface area contributed by atoms with Crippen LogP contribution in [0.4, 0.5) is 4.39 Å². The van der Waals surface area contributed by atoms with E-state index in [2.05, 4.69) is 9.97 Å². The van der Waals surface area contributed by atoms with E-state index in [9.17, 15) is 9.18 Å². The second kappa shape index (κ2) is 3.78. The number of nitrogens with two attached hydrogens (primary N) is 1. The summed E-state index contributed by atoms with van der Waals surface area (Å²) in [6.45, 7) is 0.394. The first kappa shape index (κ1) is 9.79. The minimum atomic E-state index is -0.545. The fraction of sp³-hybridized carbons (Fsp3) is 0.200. The lowest BCUT2D eigenvalue weighted by Crippen LogP contribution is -2.16. The van der Waals surface area contributed by atoms with E-state index in [0.29, 0.717) is 24.0 Å². The fourth-order valence-electron chi connectivity index (χ4n) is 1.54. The summed E-state index contributed by atoms with van der Waals surface area (Å²) in [6, 6.07) is 4.57. The van der Waals surface area contributed by atoms with Crippen molar-refractivity contribution in [2.24, 2.45) is 5.73 Å². The summed E-state index contributed by atoms with van der Waals surface area (Å²) >= 11 is 0. The Bertz CT molecular complexity index is 550. The summed E-state index contributed by atoms with van der Waals surface area (Å²) in [5.41, 5.74) is 5.59. The molecule has 3 N–H and O–H groups in total. The monoisotopic (exact) mass is 207 g/mol. The van der Waals surface area contributed by atoms with Crippen molar-refractivity contribution in [2.45, 2.75) is 6.42 Å². The van der Waals surface area contributed by atoms with Gasteiger partial charge in [-0.25, -0.2) is 9.18 Å². The zero-order valence-corrected chi connectivity index (χ0v) is 7.96. The Balaban J connectivity index is 2.80. The summed E-state index contributed by atoms with van der Waals surface area (Å²) in [7, 11) is 0. The van der Waals surface area contributed by atoms with E-state index in [1.165, 1.54) is 6.07 Å². The van der Waals surface area contributed by atoms with Gasteiger partial charge in [0.05, 0.1) is 0 Å². The summed E-state index contributed by atoms with van der Waals surface area (Å²) in [5.74, 6) is -0.489. The first-order valence-electron chi connectivity index (χ1n) is 4.60. The van der Waals surface area contributed by atoms with Gasteiger partial charge in [-0.1, -0.05) is 12.1 Å². The van der Waals surface area contributed by atoms with E-state index in [1.54, 1.807) is 12.1 Å². The molecule has 1 heterocycles.